The van der Waals surface area contributed by atoms with Crippen molar-refractivity contribution in [1.29, 1.82) is 0 Å². The van der Waals surface area contributed by atoms with Crippen LogP contribution in [0.5, 0.6) is 17.2 Å². The molecule has 29 heavy (non-hydrogen) atoms. The molecule has 0 saturated heterocycles. The van der Waals surface area contributed by atoms with Crippen molar-refractivity contribution in [2.24, 2.45) is 0 Å². The van der Waals surface area contributed by atoms with E-state index in [0.717, 1.165) is 12.8 Å². The molecule has 2 aromatic rings. The van der Waals surface area contributed by atoms with Crippen LogP contribution in [-0.2, 0) is 9.53 Å². The number of esters is 1. The highest BCUT2D eigenvalue weighted by molar-refractivity contribution is 5.97. The van der Waals surface area contributed by atoms with Crippen LogP contribution >= 0.6 is 0 Å². The molecule has 1 amide bonds. The van der Waals surface area contributed by atoms with Gasteiger partial charge in [-0.1, -0.05) is 13.3 Å². The lowest BCUT2D eigenvalue weighted by molar-refractivity contribution is -0.123. The molecule has 2 aromatic carbocycles. The van der Waals surface area contributed by atoms with Crippen LogP contribution in [0.2, 0.25) is 0 Å². The minimum atomic E-state index is -0.962. The first-order chi connectivity index (χ1) is 14.1. The zero-order valence-corrected chi connectivity index (χ0v) is 16.6. The Hall–Kier alpha value is -3.22. The number of carbonyl (C=O) groups excluding carboxylic acids is 2. The summed E-state index contributed by atoms with van der Waals surface area (Å²) in [4.78, 5) is 24.7. The van der Waals surface area contributed by atoms with Crippen LogP contribution in [0.25, 0.3) is 0 Å². The summed E-state index contributed by atoms with van der Waals surface area (Å²) in [6, 6.07) is 11.8. The smallest absolute Gasteiger partial charge is 0.338 e. The second-order valence-corrected chi connectivity index (χ2v) is 6.62. The van der Waals surface area contributed by atoms with E-state index in [2.05, 4.69) is 12.2 Å². The molecule has 154 valence electrons. The van der Waals surface area contributed by atoms with E-state index in [9.17, 15) is 9.59 Å². The predicted molar refractivity (Wildman–Crippen MR) is 108 cm³/mol. The molecule has 3 rings (SSSR count). The fourth-order valence-electron chi connectivity index (χ4n) is 2.67. The maximum Gasteiger partial charge on any atom is 0.338 e. The molecule has 7 nitrogen and oxygen atoms in total. The number of rotatable bonds is 8. The number of ether oxygens (including phenoxy) is 4. The van der Waals surface area contributed by atoms with Crippen molar-refractivity contribution < 1.29 is 28.5 Å². The Balaban J connectivity index is 1.53. The summed E-state index contributed by atoms with van der Waals surface area (Å²) < 4.78 is 21.8. The van der Waals surface area contributed by atoms with Crippen LogP contribution < -0.4 is 19.5 Å². The van der Waals surface area contributed by atoms with Gasteiger partial charge in [0, 0.05) is 11.8 Å². The normalized spacial score (nSPS) is 13.3. The molecule has 1 atom stereocenters. The second kappa shape index (κ2) is 9.82. The standard InChI is InChI=1S/C22H25NO6/c1-3-4-11-26-18-8-5-16(6-9-18)22(25)29-15(2)21(24)23-17-7-10-19-20(14-17)28-13-12-27-19/h5-10,14-15H,3-4,11-13H2,1-2H3,(H,23,24). The van der Waals surface area contributed by atoms with Gasteiger partial charge in [0.25, 0.3) is 5.91 Å². The monoisotopic (exact) mass is 399 g/mol. The molecule has 0 radical (unpaired) electrons. The Bertz CT molecular complexity index is 849. The molecule has 1 heterocycles. The molecule has 0 aliphatic carbocycles. The van der Waals surface area contributed by atoms with E-state index in [1.54, 1.807) is 42.5 Å². The Morgan fingerprint density at radius 1 is 1.07 bits per heavy atom. The van der Waals surface area contributed by atoms with Gasteiger partial charge in [-0.3, -0.25) is 4.79 Å². The van der Waals surface area contributed by atoms with Crippen LogP contribution in [-0.4, -0.2) is 37.8 Å². The first-order valence-corrected chi connectivity index (χ1v) is 9.71. The van der Waals surface area contributed by atoms with Gasteiger partial charge >= 0.3 is 5.97 Å². The molecule has 0 aromatic heterocycles. The van der Waals surface area contributed by atoms with E-state index in [1.165, 1.54) is 6.92 Å². The average molecular weight is 399 g/mol. The number of fused-ring (bicyclic) bond motifs is 1. The summed E-state index contributed by atoms with van der Waals surface area (Å²) in [6.07, 6.45) is 1.06. The lowest BCUT2D eigenvalue weighted by Gasteiger charge is -2.19. The maximum absolute atomic E-state index is 12.4. The number of amides is 1. The highest BCUT2D eigenvalue weighted by atomic mass is 16.6. The molecular weight excluding hydrogens is 374 g/mol. The summed E-state index contributed by atoms with van der Waals surface area (Å²) in [5.74, 6) is 0.889. The van der Waals surface area contributed by atoms with E-state index in [1.807, 2.05) is 0 Å². The second-order valence-electron chi connectivity index (χ2n) is 6.62. The van der Waals surface area contributed by atoms with Crippen molar-refractivity contribution in [3.05, 3.63) is 48.0 Å². The average Bonchev–Trinajstić information content (AvgIpc) is 2.74. The lowest BCUT2D eigenvalue weighted by atomic mass is 10.2. The Morgan fingerprint density at radius 3 is 2.52 bits per heavy atom. The van der Waals surface area contributed by atoms with Crippen molar-refractivity contribution in [3.63, 3.8) is 0 Å². The molecule has 0 spiro atoms. The lowest BCUT2D eigenvalue weighted by Crippen LogP contribution is -2.30. The fraction of sp³-hybridized carbons (Fsp3) is 0.364. The van der Waals surface area contributed by atoms with Crippen molar-refractivity contribution >= 4 is 17.6 Å². The van der Waals surface area contributed by atoms with Gasteiger partial charge in [-0.2, -0.15) is 0 Å². The third-order valence-electron chi connectivity index (χ3n) is 4.32. The molecule has 7 heteroatoms. The van der Waals surface area contributed by atoms with Gasteiger partial charge in [-0.05, 0) is 49.7 Å². The topological polar surface area (TPSA) is 83.1 Å². The third-order valence-corrected chi connectivity index (χ3v) is 4.32. The van der Waals surface area contributed by atoms with Crippen LogP contribution in [0, 0.1) is 0 Å². The number of unbranched alkanes of at least 4 members (excludes halogenated alkanes) is 1. The number of carbonyl (C=O) groups is 2. The van der Waals surface area contributed by atoms with Gasteiger partial charge < -0.3 is 24.3 Å². The van der Waals surface area contributed by atoms with Crippen LogP contribution in [0.3, 0.4) is 0 Å². The van der Waals surface area contributed by atoms with Crippen molar-refractivity contribution in [2.45, 2.75) is 32.8 Å². The number of nitrogens with one attached hydrogen (secondary N) is 1. The van der Waals surface area contributed by atoms with E-state index in [-0.39, 0.29) is 0 Å². The van der Waals surface area contributed by atoms with Crippen molar-refractivity contribution in [2.75, 3.05) is 25.1 Å². The van der Waals surface area contributed by atoms with Crippen molar-refractivity contribution in [3.8, 4) is 17.2 Å². The minimum Gasteiger partial charge on any atom is -0.494 e. The molecule has 1 aliphatic heterocycles. The summed E-state index contributed by atoms with van der Waals surface area (Å²) in [7, 11) is 0. The first-order valence-electron chi connectivity index (χ1n) is 9.71. The Morgan fingerprint density at radius 2 is 1.79 bits per heavy atom. The van der Waals surface area contributed by atoms with Gasteiger partial charge in [0.2, 0.25) is 0 Å². The van der Waals surface area contributed by atoms with E-state index in [4.69, 9.17) is 18.9 Å². The summed E-state index contributed by atoms with van der Waals surface area (Å²) in [5.41, 5.74) is 0.891. The Kier molecular flexibility index (Phi) is 6.94. The summed E-state index contributed by atoms with van der Waals surface area (Å²) in [6.45, 7) is 5.21. The van der Waals surface area contributed by atoms with Gasteiger partial charge in [0.05, 0.1) is 12.2 Å². The van der Waals surface area contributed by atoms with Crippen molar-refractivity contribution in [1.82, 2.24) is 0 Å². The quantitative estimate of drug-likeness (QED) is 0.537. The molecule has 0 bridgehead atoms. The highest BCUT2D eigenvalue weighted by Crippen LogP contribution is 2.32. The fourth-order valence-corrected chi connectivity index (χ4v) is 2.67. The number of benzene rings is 2. The van der Waals surface area contributed by atoms with Gasteiger partial charge in [-0.15, -0.1) is 0 Å². The molecule has 1 N–H and O–H groups in total. The van der Waals surface area contributed by atoms with Gasteiger partial charge in [0.1, 0.15) is 19.0 Å². The van der Waals surface area contributed by atoms with Gasteiger partial charge in [0.15, 0.2) is 17.6 Å². The number of hydrogen-bond donors (Lipinski definition) is 1. The largest absolute Gasteiger partial charge is 0.494 e. The molecule has 1 aliphatic rings. The molecular formula is C22H25NO6. The zero-order valence-electron chi connectivity index (χ0n) is 16.6. The molecule has 0 fully saturated rings. The highest BCUT2D eigenvalue weighted by Gasteiger charge is 2.20. The van der Waals surface area contributed by atoms with E-state index in [0.29, 0.717) is 48.3 Å². The third kappa shape index (κ3) is 5.63. The number of hydrogen-bond acceptors (Lipinski definition) is 6. The van der Waals surface area contributed by atoms with Crippen LogP contribution in [0.1, 0.15) is 37.0 Å². The molecule has 1 unspecified atom stereocenters. The number of anilines is 1. The minimum absolute atomic E-state index is 0.354. The van der Waals surface area contributed by atoms with E-state index < -0.39 is 18.0 Å². The Labute approximate surface area is 169 Å². The van der Waals surface area contributed by atoms with Crippen LogP contribution in [0.15, 0.2) is 42.5 Å². The van der Waals surface area contributed by atoms with Gasteiger partial charge in [-0.25, -0.2) is 4.79 Å². The molecule has 0 saturated carbocycles. The maximum atomic E-state index is 12.4. The SMILES string of the molecule is CCCCOc1ccc(C(=O)OC(C)C(=O)Nc2ccc3c(c2)OCCO3)cc1. The first kappa shape index (κ1) is 20.5. The predicted octanol–water partition coefficient (Wildman–Crippen LogP) is 3.82. The van der Waals surface area contributed by atoms with E-state index >= 15 is 0 Å². The van der Waals surface area contributed by atoms with Crippen LogP contribution in [0.4, 0.5) is 5.69 Å². The zero-order chi connectivity index (χ0) is 20.6. The summed E-state index contributed by atoms with van der Waals surface area (Å²) in [5, 5.41) is 2.71. The summed E-state index contributed by atoms with van der Waals surface area (Å²) >= 11 is 0.